The molecule has 0 radical (unpaired) electrons. The Morgan fingerprint density at radius 1 is 1.24 bits per heavy atom. The first-order chi connectivity index (χ1) is 13.9. The summed E-state index contributed by atoms with van der Waals surface area (Å²) in [5.74, 6) is 1.71. The molecule has 10 heteroatoms. The lowest BCUT2D eigenvalue weighted by Crippen LogP contribution is -3.07. The van der Waals surface area contributed by atoms with E-state index in [0.29, 0.717) is 18.8 Å². The van der Waals surface area contributed by atoms with E-state index in [1.165, 1.54) is 12.1 Å². The van der Waals surface area contributed by atoms with Gasteiger partial charge in [-0.2, -0.15) is 4.68 Å². The molecule has 0 spiro atoms. The topological polar surface area (TPSA) is 97.0 Å². The summed E-state index contributed by atoms with van der Waals surface area (Å²) < 4.78 is 17.8. The fraction of sp³-hybridized carbons (Fsp3) is 0.263. The second-order valence-electron chi connectivity index (χ2n) is 6.45. The number of rotatable bonds is 8. The van der Waals surface area contributed by atoms with E-state index in [-0.39, 0.29) is 16.4 Å². The molecule has 9 nitrogen and oxygen atoms in total. The van der Waals surface area contributed by atoms with Crippen LogP contribution < -0.4 is 14.4 Å². The van der Waals surface area contributed by atoms with Crippen LogP contribution in [0.5, 0.6) is 11.5 Å². The number of nitro groups is 1. The fourth-order valence-electron chi connectivity index (χ4n) is 2.91. The zero-order valence-corrected chi connectivity index (χ0v) is 17.1. The molecule has 1 unspecified atom stereocenters. The molecule has 0 amide bonds. The highest BCUT2D eigenvalue weighted by atomic mass is 32.1. The van der Waals surface area contributed by atoms with E-state index in [4.69, 9.17) is 26.1 Å². The molecule has 1 atom stereocenters. The van der Waals surface area contributed by atoms with Crippen molar-refractivity contribution in [1.82, 2.24) is 9.78 Å². The molecule has 0 saturated carbocycles. The number of ether oxygens (including phenoxy) is 2. The molecule has 1 aromatic heterocycles. The summed E-state index contributed by atoms with van der Waals surface area (Å²) in [7, 11) is 5.22. The third-order valence-electron chi connectivity index (χ3n) is 4.32. The maximum Gasteiger partial charge on any atom is 0.292 e. The molecule has 0 saturated heterocycles. The number of nitrogens with zero attached hydrogens (tertiary/aromatic N) is 3. The number of aromatic nitrogens is 2. The summed E-state index contributed by atoms with van der Waals surface area (Å²) in [5.41, 5.74) is 1.48. The van der Waals surface area contributed by atoms with Gasteiger partial charge in [-0.1, -0.05) is 6.07 Å². The third-order valence-corrected chi connectivity index (χ3v) is 4.61. The van der Waals surface area contributed by atoms with Crippen molar-refractivity contribution in [3.8, 4) is 23.0 Å². The summed E-state index contributed by atoms with van der Waals surface area (Å²) in [5, 5.41) is 15.4. The second kappa shape index (κ2) is 8.84. The van der Waals surface area contributed by atoms with Crippen molar-refractivity contribution in [3.05, 3.63) is 63.0 Å². The number of benzene rings is 2. The Kier molecular flexibility index (Phi) is 6.25. The van der Waals surface area contributed by atoms with Gasteiger partial charge in [0, 0.05) is 29.3 Å². The van der Waals surface area contributed by atoms with Gasteiger partial charge in [-0.15, -0.1) is 5.10 Å². The van der Waals surface area contributed by atoms with Gasteiger partial charge in [0.05, 0.1) is 26.2 Å². The van der Waals surface area contributed by atoms with Crippen LogP contribution in [0.3, 0.4) is 0 Å². The van der Waals surface area contributed by atoms with Crippen LogP contribution in [0, 0.1) is 15.0 Å². The van der Waals surface area contributed by atoms with Crippen molar-refractivity contribution >= 4 is 17.9 Å². The molecule has 0 bridgehead atoms. The minimum Gasteiger partial charge on any atom is -0.497 e. The van der Waals surface area contributed by atoms with Crippen LogP contribution >= 0.6 is 12.2 Å². The summed E-state index contributed by atoms with van der Waals surface area (Å²) in [6.07, 6.45) is 0. The van der Waals surface area contributed by atoms with E-state index in [2.05, 4.69) is 5.10 Å². The lowest BCUT2D eigenvalue weighted by Gasteiger charge is -2.16. The molecule has 1 N–H and O–H groups in total. The summed E-state index contributed by atoms with van der Waals surface area (Å²) in [4.78, 5) is 11.8. The zero-order chi connectivity index (χ0) is 21.0. The summed E-state index contributed by atoms with van der Waals surface area (Å²) in [6.45, 7) is 1.11. The van der Waals surface area contributed by atoms with Gasteiger partial charge in [0.15, 0.2) is 6.67 Å². The normalized spacial score (nSPS) is 11.8. The van der Waals surface area contributed by atoms with Crippen molar-refractivity contribution < 1.29 is 23.7 Å². The maximum atomic E-state index is 11.0. The molecule has 0 aliphatic carbocycles. The first-order valence-corrected chi connectivity index (χ1v) is 9.17. The maximum absolute atomic E-state index is 11.0. The van der Waals surface area contributed by atoms with Gasteiger partial charge in [0.2, 0.25) is 5.89 Å². The van der Waals surface area contributed by atoms with Crippen LogP contribution in [0.15, 0.2) is 46.9 Å². The Hall–Kier alpha value is -3.24. The van der Waals surface area contributed by atoms with Gasteiger partial charge < -0.3 is 18.8 Å². The smallest absolute Gasteiger partial charge is 0.292 e. The summed E-state index contributed by atoms with van der Waals surface area (Å²) >= 11 is 5.27. The number of methoxy groups -OCH3 is 2. The Balaban J connectivity index is 1.77. The van der Waals surface area contributed by atoms with Crippen molar-refractivity contribution in [3.63, 3.8) is 0 Å². The number of nitro benzene ring substituents is 1. The molecule has 1 heterocycles. The number of nitrogens with one attached hydrogen (secondary N) is 1. The molecular formula is C19H21N4O5S+. The molecule has 3 rings (SSSR count). The molecule has 0 fully saturated rings. The molecule has 152 valence electrons. The van der Waals surface area contributed by atoms with E-state index >= 15 is 0 Å². The first kappa shape index (κ1) is 20.5. The van der Waals surface area contributed by atoms with Crippen LogP contribution in [-0.2, 0) is 13.2 Å². The number of hydrogen-bond donors (Lipinski definition) is 1. The van der Waals surface area contributed by atoms with E-state index < -0.39 is 4.92 Å². The quantitative estimate of drug-likeness (QED) is 0.342. The van der Waals surface area contributed by atoms with Crippen LogP contribution in [-0.4, -0.2) is 36.0 Å². The van der Waals surface area contributed by atoms with Gasteiger partial charge in [-0.25, -0.2) is 0 Å². The van der Waals surface area contributed by atoms with Crippen molar-refractivity contribution in [2.24, 2.45) is 0 Å². The van der Waals surface area contributed by atoms with Crippen molar-refractivity contribution in [1.29, 1.82) is 0 Å². The Morgan fingerprint density at radius 3 is 2.72 bits per heavy atom. The van der Waals surface area contributed by atoms with Gasteiger partial charge >= 0.3 is 0 Å². The van der Waals surface area contributed by atoms with Crippen molar-refractivity contribution in [2.45, 2.75) is 13.2 Å². The number of quaternary nitrogens is 1. The molecule has 3 aromatic rings. The molecule has 0 aliphatic heterocycles. The predicted molar refractivity (Wildman–Crippen MR) is 108 cm³/mol. The van der Waals surface area contributed by atoms with Gasteiger partial charge in [-0.05, 0) is 30.4 Å². The highest BCUT2D eigenvalue weighted by Gasteiger charge is 2.16. The predicted octanol–water partition coefficient (Wildman–Crippen LogP) is 2.47. The van der Waals surface area contributed by atoms with Crippen molar-refractivity contribution in [2.75, 3.05) is 21.3 Å². The lowest BCUT2D eigenvalue weighted by molar-refractivity contribution is -0.917. The molecule has 29 heavy (non-hydrogen) atoms. The number of non-ortho nitro benzene ring substituents is 1. The van der Waals surface area contributed by atoms with Crippen LogP contribution in [0.1, 0.15) is 5.56 Å². The molecule has 0 aliphatic rings. The van der Waals surface area contributed by atoms with Gasteiger partial charge in [0.25, 0.3) is 10.5 Å². The van der Waals surface area contributed by atoms with Crippen LogP contribution in [0.25, 0.3) is 11.5 Å². The zero-order valence-electron chi connectivity index (χ0n) is 16.2. The van der Waals surface area contributed by atoms with E-state index in [0.717, 1.165) is 22.0 Å². The monoisotopic (exact) mass is 417 g/mol. The molecular weight excluding hydrogens is 396 g/mol. The molecule has 2 aromatic carbocycles. The Morgan fingerprint density at radius 2 is 2.03 bits per heavy atom. The van der Waals surface area contributed by atoms with Gasteiger partial charge in [0.1, 0.15) is 18.0 Å². The average molecular weight is 417 g/mol. The largest absolute Gasteiger partial charge is 0.497 e. The Bertz CT molecular complexity index is 1080. The Labute approximate surface area is 172 Å². The van der Waals surface area contributed by atoms with Crippen LogP contribution in [0.4, 0.5) is 5.69 Å². The van der Waals surface area contributed by atoms with E-state index in [9.17, 15) is 10.1 Å². The highest BCUT2D eigenvalue weighted by molar-refractivity contribution is 7.71. The average Bonchev–Trinajstić information content (AvgIpc) is 3.08. The number of hydrogen-bond acceptors (Lipinski definition) is 7. The SMILES string of the molecule is COc1ccc(C[NH+](C)Cn2nc(-c3cccc([N+](=O)[O-])c3)oc2=S)c(OC)c1. The van der Waals surface area contributed by atoms with Gasteiger partial charge in [-0.3, -0.25) is 10.1 Å². The summed E-state index contributed by atoms with van der Waals surface area (Å²) in [6, 6.07) is 11.8. The van der Waals surface area contributed by atoms with Crippen LogP contribution in [0.2, 0.25) is 0 Å². The van der Waals surface area contributed by atoms with E-state index in [1.54, 1.807) is 31.0 Å². The lowest BCUT2D eigenvalue weighted by atomic mass is 10.2. The first-order valence-electron chi connectivity index (χ1n) is 8.76. The fourth-order valence-corrected chi connectivity index (χ4v) is 3.09. The third kappa shape index (κ3) is 4.79. The van der Waals surface area contributed by atoms with E-state index in [1.807, 2.05) is 25.2 Å². The minimum absolute atomic E-state index is 0.0347. The minimum atomic E-state index is -0.463. The second-order valence-corrected chi connectivity index (χ2v) is 6.80. The highest BCUT2D eigenvalue weighted by Crippen LogP contribution is 2.24. The standard InChI is InChI=1S/C19H20N4O5S/c1-21(11-14-7-8-16(26-2)10-17(14)27-3)12-22-19(29)28-18(20-22)13-5-4-6-15(9-13)23(24)25/h4-10H,11-12H2,1-3H3/p+1.